The first-order valence-corrected chi connectivity index (χ1v) is 12.1. The maximum Gasteiger partial charge on any atom is 0.274 e. The van der Waals surface area contributed by atoms with E-state index in [0.29, 0.717) is 49.0 Å². The van der Waals surface area contributed by atoms with Gasteiger partial charge in [0.15, 0.2) is 11.5 Å². The molecule has 1 aliphatic carbocycles. The van der Waals surface area contributed by atoms with Crippen molar-refractivity contribution < 1.29 is 14.1 Å². The zero-order valence-corrected chi connectivity index (χ0v) is 19.7. The number of aromatic nitrogens is 3. The van der Waals surface area contributed by atoms with Gasteiger partial charge in [0.25, 0.3) is 5.91 Å². The van der Waals surface area contributed by atoms with E-state index in [-0.39, 0.29) is 23.9 Å². The normalized spacial score (nSPS) is 23.4. The molecule has 2 atom stereocenters. The van der Waals surface area contributed by atoms with Gasteiger partial charge in [0.1, 0.15) is 0 Å². The van der Waals surface area contributed by atoms with Gasteiger partial charge in [0.05, 0.1) is 30.9 Å². The van der Waals surface area contributed by atoms with Gasteiger partial charge in [-0.05, 0) is 49.7 Å². The van der Waals surface area contributed by atoms with Crippen LogP contribution in [0.15, 0.2) is 16.8 Å². The molecule has 3 aliphatic rings. The van der Waals surface area contributed by atoms with Crippen molar-refractivity contribution in [2.75, 3.05) is 38.2 Å². The Labute approximate surface area is 194 Å². The Bertz CT molecular complexity index is 984. The highest BCUT2D eigenvalue weighted by molar-refractivity contribution is 5.98. The number of pyridine rings is 1. The zero-order chi connectivity index (χ0) is 22.9. The Kier molecular flexibility index (Phi) is 6.34. The Hall–Kier alpha value is -2.52. The summed E-state index contributed by atoms with van der Waals surface area (Å²) >= 11 is 0. The summed E-state index contributed by atoms with van der Waals surface area (Å²) in [6, 6.07) is 2.39. The molecule has 4 heterocycles. The molecule has 5 rings (SSSR count). The fourth-order valence-electron chi connectivity index (χ4n) is 4.69. The Balaban J connectivity index is 1.40. The lowest BCUT2D eigenvalue weighted by molar-refractivity contribution is 0.0210. The van der Waals surface area contributed by atoms with Crippen LogP contribution in [0.4, 0.5) is 5.69 Å². The van der Waals surface area contributed by atoms with Crippen LogP contribution in [0.1, 0.15) is 72.7 Å². The molecule has 1 saturated carbocycles. The van der Waals surface area contributed by atoms with E-state index >= 15 is 0 Å². The Morgan fingerprint density at radius 3 is 2.73 bits per heavy atom. The summed E-state index contributed by atoms with van der Waals surface area (Å²) in [4.78, 5) is 25.1. The highest BCUT2D eigenvalue weighted by Crippen LogP contribution is 2.41. The average molecular weight is 455 g/mol. The minimum Gasteiger partial charge on any atom is -0.377 e. The molecular formula is C24H34N6O3. The summed E-state index contributed by atoms with van der Waals surface area (Å²) in [7, 11) is 0. The van der Waals surface area contributed by atoms with E-state index in [4.69, 9.17) is 14.2 Å². The van der Waals surface area contributed by atoms with Gasteiger partial charge in [0, 0.05) is 31.9 Å². The molecule has 2 N–H and O–H groups in total. The molecule has 3 fully saturated rings. The van der Waals surface area contributed by atoms with Gasteiger partial charge in [-0.25, -0.2) is 4.98 Å². The van der Waals surface area contributed by atoms with Gasteiger partial charge in [0.2, 0.25) is 5.89 Å². The second kappa shape index (κ2) is 9.38. The third-order valence-electron chi connectivity index (χ3n) is 6.64. The Morgan fingerprint density at radius 1 is 1.27 bits per heavy atom. The van der Waals surface area contributed by atoms with Crippen molar-refractivity contribution in [3.63, 3.8) is 0 Å². The molecule has 33 heavy (non-hydrogen) atoms. The molecule has 0 unspecified atom stereocenters. The van der Waals surface area contributed by atoms with Crippen LogP contribution >= 0.6 is 0 Å². The number of amides is 1. The number of nitrogens with one attached hydrogen (secondary N) is 2. The van der Waals surface area contributed by atoms with Crippen molar-refractivity contribution in [2.45, 2.75) is 64.0 Å². The van der Waals surface area contributed by atoms with Crippen molar-refractivity contribution in [3.8, 4) is 0 Å². The second-order valence-corrected chi connectivity index (χ2v) is 10.1. The number of carbonyl (C=O) groups is 1. The molecule has 2 saturated heterocycles. The van der Waals surface area contributed by atoms with E-state index in [2.05, 4.69) is 40.7 Å². The van der Waals surface area contributed by atoms with E-state index in [0.717, 1.165) is 25.2 Å². The summed E-state index contributed by atoms with van der Waals surface area (Å²) in [6.07, 6.45) is 5.08. The Morgan fingerprint density at radius 2 is 2.09 bits per heavy atom. The zero-order valence-electron chi connectivity index (χ0n) is 19.7. The van der Waals surface area contributed by atoms with E-state index in [1.165, 1.54) is 18.4 Å². The van der Waals surface area contributed by atoms with Crippen LogP contribution in [0.5, 0.6) is 0 Å². The minimum absolute atomic E-state index is 0.0238. The van der Waals surface area contributed by atoms with Gasteiger partial charge < -0.3 is 24.8 Å². The maximum atomic E-state index is 13.9. The van der Waals surface area contributed by atoms with Crippen LogP contribution in [-0.4, -0.2) is 70.9 Å². The molecule has 2 aromatic rings. The SMILES string of the molecule is Cc1noc([C@H]2CNC[C@@H](N(CC(C)C)C(=O)c3ncc(C4CC4)cc3NC3COC3)C2)n1. The largest absolute Gasteiger partial charge is 0.377 e. The lowest BCUT2D eigenvalue weighted by Gasteiger charge is -2.38. The van der Waals surface area contributed by atoms with Crippen molar-refractivity contribution in [1.82, 2.24) is 25.3 Å². The number of hydrogen-bond acceptors (Lipinski definition) is 8. The minimum atomic E-state index is -0.0250. The molecule has 0 spiro atoms. The van der Waals surface area contributed by atoms with Crippen molar-refractivity contribution in [3.05, 3.63) is 35.2 Å². The predicted molar refractivity (Wildman–Crippen MR) is 123 cm³/mol. The smallest absolute Gasteiger partial charge is 0.274 e. The van der Waals surface area contributed by atoms with Crippen molar-refractivity contribution >= 4 is 11.6 Å². The number of aryl methyl sites for hydroxylation is 1. The number of carbonyl (C=O) groups excluding carboxylic acids is 1. The molecule has 178 valence electrons. The number of anilines is 1. The third kappa shape index (κ3) is 5.04. The lowest BCUT2D eigenvalue weighted by atomic mass is 9.93. The quantitative estimate of drug-likeness (QED) is 0.627. The monoisotopic (exact) mass is 454 g/mol. The highest BCUT2D eigenvalue weighted by atomic mass is 16.5. The fourth-order valence-corrected chi connectivity index (χ4v) is 4.69. The first-order valence-electron chi connectivity index (χ1n) is 12.1. The van der Waals surface area contributed by atoms with Gasteiger partial charge in [-0.15, -0.1) is 0 Å². The van der Waals surface area contributed by atoms with Crippen molar-refractivity contribution in [1.29, 1.82) is 0 Å². The fraction of sp³-hybridized carbons (Fsp3) is 0.667. The van der Waals surface area contributed by atoms with E-state index in [9.17, 15) is 4.79 Å². The number of piperidine rings is 1. The predicted octanol–water partition coefficient (Wildman–Crippen LogP) is 2.71. The van der Waals surface area contributed by atoms with Crippen LogP contribution in [0, 0.1) is 12.8 Å². The highest BCUT2D eigenvalue weighted by Gasteiger charge is 2.35. The summed E-state index contributed by atoms with van der Waals surface area (Å²) in [5.41, 5.74) is 2.55. The molecule has 0 bridgehead atoms. The first-order chi connectivity index (χ1) is 16.0. The number of rotatable bonds is 8. The molecule has 2 aliphatic heterocycles. The average Bonchev–Trinajstić information content (AvgIpc) is 3.54. The molecule has 1 amide bonds. The molecule has 9 nitrogen and oxygen atoms in total. The van der Waals surface area contributed by atoms with E-state index < -0.39 is 0 Å². The molecule has 9 heteroatoms. The number of hydrogen-bond donors (Lipinski definition) is 2. The van der Waals surface area contributed by atoms with Crippen molar-refractivity contribution in [2.24, 2.45) is 5.92 Å². The van der Waals surface area contributed by atoms with Gasteiger partial charge >= 0.3 is 0 Å². The standard InChI is InChI=1S/C24H34N6O3/c1-14(2)11-30(20-6-18(8-25-10-20)23-27-15(3)29-33-23)24(31)22-21(28-19-12-32-13-19)7-17(9-26-22)16-4-5-16/h7,9,14,16,18-20,25,28H,4-6,8,10-13H2,1-3H3/t18-,20+/m1/s1. The van der Waals surface area contributed by atoms with E-state index in [1.807, 2.05) is 18.0 Å². The summed E-state index contributed by atoms with van der Waals surface area (Å²) in [6.45, 7) is 9.61. The van der Waals surface area contributed by atoms with Crippen LogP contribution in [-0.2, 0) is 4.74 Å². The maximum absolute atomic E-state index is 13.9. The van der Waals surface area contributed by atoms with E-state index in [1.54, 1.807) is 0 Å². The summed E-state index contributed by atoms with van der Waals surface area (Å²) in [5, 5.41) is 10.9. The van der Waals surface area contributed by atoms with Crippen LogP contribution in [0.3, 0.4) is 0 Å². The van der Waals surface area contributed by atoms with Gasteiger partial charge in [-0.3, -0.25) is 4.79 Å². The summed E-state index contributed by atoms with van der Waals surface area (Å²) < 4.78 is 10.8. The van der Waals surface area contributed by atoms with Crippen LogP contribution < -0.4 is 10.6 Å². The molecule has 0 radical (unpaired) electrons. The van der Waals surface area contributed by atoms with Crippen LogP contribution in [0.25, 0.3) is 0 Å². The molecule has 0 aromatic carbocycles. The number of ether oxygens (including phenoxy) is 1. The second-order valence-electron chi connectivity index (χ2n) is 10.1. The van der Waals surface area contributed by atoms with Gasteiger partial charge in [-0.2, -0.15) is 4.98 Å². The number of nitrogens with zero attached hydrogens (tertiary/aromatic N) is 4. The lowest BCUT2D eigenvalue weighted by Crippen LogP contribution is -2.52. The molecule has 2 aromatic heterocycles. The van der Waals surface area contributed by atoms with Crippen LogP contribution in [0.2, 0.25) is 0 Å². The topological polar surface area (TPSA) is 105 Å². The summed E-state index contributed by atoms with van der Waals surface area (Å²) in [5.74, 6) is 2.25. The van der Waals surface area contributed by atoms with Gasteiger partial charge in [-0.1, -0.05) is 19.0 Å². The molecular weight excluding hydrogens is 420 g/mol. The third-order valence-corrected chi connectivity index (χ3v) is 6.64. The first kappa shape index (κ1) is 22.3.